The number of aromatic nitrogens is 1. The molecular formula is C39H32N4O4S2. The average molecular weight is 685 g/mol. The number of carbonyl (C=O) groups is 3. The van der Waals surface area contributed by atoms with E-state index in [9.17, 15) is 14.4 Å². The van der Waals surface area contributed by atoms with Crippen molar-refractivity contribution >= 4 is 68.5 Å². The fourth-order valence-electron chi connectivity index (χ4n) is 4.93. The number of hydrogen-bond acceptors (Lipinski definition) is 7. The Morgan fingerprint density at radius 2 is 1.57 bits per heavy atom. The van der Waals surface area contributed by atoms with Crippen LogP contribution in [0.5, 0.6) is 5.75 Å². The van der Waals surface area contributed by atoms with Crippen molar-refractivity contribution in [1.29, 1.82) is 0 Å². The highest BCUT2D eigenvalue weighted by molar-refractivity contribution is 8.00. The van der Waals surface area contributed by atoms with E-state index in [0.29, 0.717) is 27.7 Å². The fourth-order valence-corrected chi connectivity index (χ4v) is 6.58. The van der Waals surface area contributed by atoms with E-state index in [2.05, 4.69) is 45.2 Å². The summed E-state index contributed by atoms with van der Waals surface area (Å²) in [6.45, 7) is 1.82. The van der Waals surface area contributed by atoms with Gasteiger partial charge in [0.25, 0.3) is 11.8 Å². The molecule has 0 aliphatic carbocycles. The zero-order valence-electron chi connectivity index (χ0n) is 26.7. The fraction of sp³-hybridized carbons (Fsp3) is 0.0769. The minimum absolute atomic E-state index is 0.0660. The normalized spacial score (nSPS) is 11.8. The lowest BCUT2D eigenvalue weighted by atomic mass is 10.1. The van der Waals surface area contributed by atoms with Gasteiger partial charge < -0.3 is 20.7 Å². The molecule has 1 unspecified atom stereocenters. The van der Waals surface area contributed by atoms with Crippen LogP contribution < -0.4 is 20.7 Å². The molecule has 0 aliphatic heterocycles. The molecule has 1 aromatic heterocycles. The van der Waals surface area contributed by atoms with E-state index in [1.54, 1.807) is 79.9 Å². The molecule has 10 heteroatoms. The van der Waals surface area contributed by atoms with Gasteiger partial charge in [-0.1, -0.05) is 72.8 Å². The van der Waals surface area contributed by atoms with Crippen LogP contribution in [0, 0.1) is 0 Å². The first-order valence-corrected chi connectivity index (χ1v) is 17.2. The Morgan fingerprint density at radius 1 is 0.816 bits per heavy atom. The van der Waals surface area contributed by atoms with Gasteiger partial charge in [-0.15, -0.1) is 23.1 Å². The Kier molecular flexibility index (Phi) is 10.5. The molecule has 8 nitrogen and oxygen atoms in total. The van der Waals surface area contributed by atoms with Crippen LogP contribution in [-0.2, 0) is 9.59 Å². The lowest BCUT2D eigenvalue weighted by molar-refractivity contribution is -0.115. The molecule has 1 heterocycles. The number of ether oxygens (including phenoxy) is 1. The summed E-state index contributed by atoms with van der Waals surface area (Å²) in [7, 11) is 1.58. The minimum atomic E-state index is -0.501. The Bertz CT molecular complexity index is 2150. The first-order chi connectivity index (χ1) is 23.8. The van der Waals surface area contributed by atoms with Gasteiger partial charge in [-0.3, -0.25) is 14.4 Å². The summed E-state index contributed by atoms with van der Waals surface area (Å²) in [5.41, 5.74) is 3.49. The molecular weight excluding hydrogens is 653 g/mol. The van der Waals surface area contributed by atoms with E-state index in [4.69, 9.17) is 4.74 Å². The van der Waals surface area contributed by atoms with Gasteiger partial charge in [-0.25, -0.2) is 4.98 Å². The number of methoxy groups -OCH3 is 1. The van der Waals surface area contributed by atoms with E-state index in [0.717, 1.165) is 26.9 Å². The van der Waals surface area contributed by atoms with E-state index >= 15 is 0 Å². The van der Waals surface area contributed by atoms with Gasteiger partial charge in [0.2, 0.25) is 5.91 Å². The summed E-state index contributed by atoms with van der Waals surface area (Å²) in [6.07, 6.45) is 1.60. The van der Waals surface area contributed by atoms with Crippen LogP contribution in [0.4, 0.5) is 10.8 Å². The number of thioether (sulfide) groups is 1. The lowest BCUT2D eigenvalue weighted by Crippen LogP contribution is -2.30. The molecule has 6 rings (SSSR count). The summed E-state index contributed by atoms with van der Waals surface area (Å²) < 4.78 is 5.24. The molecule has 6 aromatic rings. The minimum Gasteiger partial charge on any atom is -0.497 e. The zero-order valence-corrected chi connectivity index (χ0v) is 28.3. The molecule has 3 N–H and O–H groups in total. The maximum atomic E-state index is 13.5. The van der Waals surface area contributed by atoms with Crippen LogP contribution in [-0.4, -0.2) is 35.1 Å². The second-order valence-corrected chi connectivity index (χ2v) is 13.3. The smallest absolute Gasteiger partial charge is 0.272 e. The lowest BCUT2D eigenvalue weighted by Gasteiger charge is -2.14. The molecule has 0 aliphatic rings. The topological polar surface area (TPSA) is 109 Å². The number of fused-ring (bicyclic) bond motifs is 1. The number of anilines is 2. The van der Waals surface area contributed by atoms with E-state index in [1.807, 2.05) is 42.6 Å². The first-order valence-electron chi connectivity index (χ1n) is 15.4. The monoisotopic (exact) mass is 684 g/mol. The van der Waals surface area contributed by atoms with Gasteiger partial charge >= 0.3 is 0 Å². The van der Waals surface area contributed by atoms with Gasteiger partial charge in [0.15, 0.2) is 5.13 Å². The third-order valence-electron chi connectivity index (χ3n) is 7.51. The van der Waals surface area contributed by atoms with E-state index < -0.39 is 17.1 Å². The van der Waals surface area contributed by atoms with Crippen molar-refractivity contribution < 1.29 is 19.1 Å². The second-order valence-electron chi connectivity index (χ2n) is 11.0. The Hall–Kier alpha value is -5.71. The third kappa shape index (κ3) is 8.61. The number of hydrogen-bond donors (Lipinski definition) is 3. The van der Waals surface area contributed by atoms with Crippen molar-refractivity contribution in [2.75, 3.05) is 17.7 Å². The average Bonchev–Trinajstić information content (AvgIpc) is 3.60. The zero-order chi connectivity index (χ0) is 34.2. The van der Waals surface area contributed by atoms with Crippen LogP contribution in [0.3, 0.4) is 0 Å². The van der Waals surface area contributed by atoms with Gasteiger partial charge in [0.05, 0.1) is 18.1 Å². The third-order valence-corrected chi connectivity index (χ3v) is 9.36. The number of carbonyl (C=O) groups excluding carboxylic acids is 3. The summed E-state index contributed by atoms with van der Waals surface area (Å²) in [5, 5.41) is 12.9. The second kappa shape index (κ2) is 15.5. The number of rotatable bonds is 11. The maximum absolute atomic E-state index is 13.5. The van der Waals surface area contributed by atoms with Gasteiger partial charge in [0.1, 0.15) is 11.4 Å². The summed E-state index contributed by atoms with van der Waals surface area (Å²) in [4.78, 5) is 45.1. The Balaban J connectivity index is 1.11. The molecule has 0 bridgehead atoms. The van der Waals surface area contributed by atoms with Crippen molar-refractivity contribution in [3.63, 3.8) is 0 Å². The van der Waals surface area contributed by atoms with E-state index in [-0.39, 0.29) is 11.6 Å². The highest BCUT2D eigenvalue weighted by Gasteiger charge is 2.19. The van der Waals surface area contributed by atoms with Crippen molar-refractivity contribution in [2.24, 2.45) is 0 Å². The van der Waals surface area contributed by atoms with Crippen molar-refractivity contribution in [3.8, 4) is 17.0 Å². The molecule has 49 heavy (non-hydrogen) atoms. The highest BCUT2D eigenvalue weighted by Crippen LogP contribution is 2.30. The van der Waals surface area contributed by atoms with Crippen LogP contribution in [0.25, 0.3) is 28.1 Å². The van der Waals surface area contributed by atoms with E-state index in [1.165, 1.54) is 23.1 Å². The Morgan fingerprint density at radius 3 is 2.35 bits per heavy atom. The molecule has 5 aromatic carbocycles. The van der Waals surface area contributed by atoms with Crippen LogP contribution in [0.15, 0.2) is 137 Å². The van der Waals surface area contributed by atoms with Gasteiger partial charge in [-0.05, 0) is 77.9 Å². The molecule has 0 saturated carbocycles. The van der Waals surface area contributed by atoms with Crippen LogP contribution >= 0.6 is 23.1 Å². The molecule has 0 fully saturated rings. The molecule has 244 valence electrons. The summed E-state index contributed by atoms with van der Waals surface area (Å²) in [5.74, 6) is -0.429. The van der Waals surface area contributed by atoms with Crippen LogP contribution in [0.1, 0.15) is 22.8 Å². The molecule has 0 radical (unpaired) electrons. The molecule has 0 saturated heterocycles. The number of nitrogens with zero attached hydrogens (tertiary/aromatic N) is 1. The number of thiazole rings is 1. The van der Waals surface area contributed by atoms with Crippen molar-refractivity contribution in [2.45, 2.75) is 17.1 Å². The quantitative estimate of drug-likeness (QED) is 0.0933. The SMILES string of the molecule is COc1ccc(/C=C(/NC(=O)c2ccccc2)C(=O)Nc2cccc(SC(C)C(=O)Nc3nc(-c4ccc5ccccc5c4)cs3)c2)cc1. The predicted octanol–water partition coefficient (Wildman–Crippen LogP) is 8.50. The Labute approximate surface area is 292 Å². The molecule has 0 spiro atoms. The largest absolute Gasteiger partial charge is 0.497 e. The molecule has 3 amide bonds. The van der Waals surface area contributed by atoms with Gasteiger partial charge in [-0.2, -0.15) is 0 Å². The summed E-state index contributed by atoms with van der Waals surface area (Å²) in [6, 6.07) is 37.4. The maximum Gasteiger partial charge on any atom is 0.272 e. The van der Waals surface area contributed by atoms with Crippen LogP contribution in [0.2, 0.25) is 0 Å². The first kappa shape index (κ1) is 33.2. The van der Waals surface area contributed by atoms with Crippen molar-refractivity contribution in [1.82, 2.24) is 10.3 Å². The number of nitrogens with one attached hydrogen (secondary N) is 3. The number of benzene rings is 5. The van der Waals surface area contributed by atoms with Gasteiger partial charge in [0, 0.05) is 27.1 Å². The summed E-state index contributed by atoms with van der Waals surface area (Å²) >= 11 is 2.73. The standard InChI is InChI=1S/C39H32N4O4S2/c1-25(36(44)43-39-42-35(24-48-39)30-18-17-27-9-6-7-12-29(27)22-30)49-33-14-8-13-31(23-33)40-38(46)34(21-26-15-19-32(47-2)20-16-26)41-37(45)28-10-4-3-5-11-28/h3-25H,1-2H3,(H,40,46)(H,41,45)(H,42,43,44)/b34-21+. The predicted molar refractivity (Wildman–Crippen MR) is 199 cm³/mol. The molecule has 1 atom stereocenters. The highest BCUT2D eigenvalue weighted by atomic mass is 32.2. The number of amides is 3. The van der Waals surface area contributed by atoms with Crippen molar-refractivity contribution in [3.05, 3.63) is 144 Å².